The van der Waals surface area contributed by atoms with Crippen LogP contribution in [0.4, 0.5) is 5.82 Å². The smallest absolute Gasteiger partial charge is 0.128 e. The van der Waals surface area contributed by atoms with Crippen molar-refractivity contribution < 1.29 is 0 Å². The molecule has 0 saturated carbocycles. The molecule has 0 aliphatic rings. The van der Waals surface area contributed by atoms with Crippen LogP contribution in [-0.2, 0) is 6.54 Å². The van der Waals surface area contributed by atoms with Crippen molar-refractivity contribution in [3.63, 3.8) is 0 Å². The number of nitrogens with zero attached hydrogens (tertiary/aromatic N) is 2. The predicted octanol–water partition coefficient (Wildman–Crippen LogP) is 2.62. The van der Waals surface area contributed by atoms with Crippen LogP contribution in [0, 0.1) is 6.92 Å². The van der Waals surface area contributed by atoms with Crippen molar-refractivity contribution >= 4 is 5.82 Å². The van der Waals surface area contributed by atoms with Crippen LogP contribution in [0.5, 0.6) is 0 Å². The van der Waals surface area contributed by atoms with Crippen LogP contribution < -0.4 is 10.2 Å². The molecule has 0 unspecified atom stereocenters. The molecular formula is C16H21N3. The second-order valence-electron chi connectivity index (χ2n) is 4.70. The van der Waals surface area contributed by atoms with E-state index in [0.29, 0.717) is 0 Å². The van der Waals surface area contributed by atoms with Crippen LogP contribution in [0.3, 0.4) is 0 Å². The monoisotopic (exact) mass is 255 g/mol. The molecule has 0 radical (unpaired) electrons. The number of benzene rings is 1. The molecule has 0 atom stereocenters. The Hall–Kier alpha value is -1.87. The van der Waals surface area contributed by atoms with Gasteiger partial charge in [-0.3, -0.25) is 0 Å². The van der Waals surface area contributed by atoms with Gasteiger partial charge in [-0.1, -0.05) is 35.9 Å². The van der Waals surface area contributed by atoms with Crippen LogP contribution in [0.1, 0.15) is 11.1 Å². The lowest BCUT2D eigenvalue weighted by atomic mass is 10.1. The molecule has 0 amide bonds. The molecule has 1 heterocycles. The van der Waals surface area contributed by atoms with Crippen molar-refractivity contribution in [1.82, 2.24) is 10.3 Å². The fourth-order valence-electron chi connectivity index (χ4n) is 1.98. The summed E-state index contributed by atoms with van der Waals surface area (Å²) in [6.07, 6.45) is 1.84. The van der Waals surface area contributed by atoms with Crippen LogP contribution in [-0.4, -0.2) is 25.1 Å². The lowest BCUT2D eigenvalue weighted by Gasteiger charge is -2.23. The molecule has 0 bridgehead atoms. The molecule has 0 saturated heterocycles. The number of aryl methyl sites for hydroxylation is 1. The first-order valence-corrected chi connectivity index (χ1v) is 6.66. The molecule has 1 N–H and O–H groups in total. The summed E-state index contributed by atoms with van der Waals surface area (Å²) in [5, 5.41) is 3.19. The van der Waals surface area contributed by atoms with Gasteiger partial charge in [0, 0.05) is 25.8 Å². The zero-order valence-corrected chi connectivity index (χ0v) is 11.6. The molecule has 3 heteroatoms. The minimum Gasteiger partial charge on any atom is -0.351 e. The van der Waals surface area contributed by atoms with E-state index in [0.717, 1.165) is 25.5 Å². The number of anilines is 1. The molecule has 100 valence electrons. The Bertz CT molecular complexity index is 479. The average Bonchev–Trinajstić information content (AvgIpc) is 2.46. The largest absolute Gasteiger partial charge is 0.351 e. The Morgan fingerprint density at radius 3 is 2.53 bits per heavy atom. The summed E-state index contributed by atoms with van der Waals surface area (Å²) in [6, 6.07) is 14.7. The topological polar surface area (TPSA) is 28.2 Å². The standard InChI is InChI=1S/C16H21N3/c1-14-6-8-15(9-7-14)13-19(12-11-17-2)16-5-3-4-10-18-16/h3-10,17H,11-13H2,1-2H3. The van der Waals surface area contributed by atoms with Crippen molar-refractivity contribution in [3.8, 4) is 0 Å². The van der Waals surface area contributed by atoms with Gasteiger partial charge >= 0.3 is 0 Å². The number of aromatic nitrogens is 1. The van der Waals surface area contributed by atoms with Gasteiger partial charge in [0.25, 0.3) is 0 Å². The number of nitrogens with one attached hydrogen (secondary N) is 1. The van der Waals surface area contributed by atoms with Gasteiger partial charge < -0.3 is 10.2 Å². The van der Waals surface area contributed by atoms with E-state index in [4.69, 9.17) is 0 Å². The van der Waals surface area contributed by atoms with E-state index in [1.807, 2.05) is 25.4 Å². The first-order valence-electron chi connectivity index (χ1n) is 6.66. The normalized spacial score (nSPS) is 10.4. The number of hydrogen-bond donors (Lipinski definition) is 1. The molecule has 2 rings (SSSR count). The summed E-state index contributed by atoms with van der Waals surface area (Å²) in [5.74, 6) is 1.03. The third-order valence-corrected chi connectivity index (χ3v) is 3.10. The first kappa shape index (κ1) is 13.6. The molecule has 0 aliphatic carbocycles. The molecule has 0 fully saturated rings. The van der Waals surface area contributed by atoms with Crippen molar-refractivity contribution in [2.75, 3.05) is 25.0 Å². The van der Waals surface area contributed by atoms with E-state index in [9.17, 15) is 0 Å². The Balaban J connectivity index is 2.11. The fourth-order valence-corrected chi connectivity index (χ4v) is 1.98. The van der Waals surface area contributed by atoms with Gasteiger partial charge in [-0.05, 0) is 31.7 Å². The quantitative estimate of drug-likeness (QED) is 0.860. The highest BCUT2D eigenvalue weighted by atomic mass is 15.2. The third kappa shape index (κ3) is 4.07. The highest BCUT2D eigenvalue weighted by molar-refractivity contribution is 5.39. The molecular weight excluding hydrogens is 234 g/mol. The molecule has 3 nitrogen and oxygen atoms in total. The average molecular weight is 255 g/mol. The van der Waals surface area contributed by atoms with E-state index >= 15 is 0 Å². The minimum absolute atomic E-state index is 0.888. The second-order valence-corrected chi connectivity index (χ2v) is 4.70. The van der Waals surface area contributed by atoms with Crippen molar-refractivity contribution in [2.45, 2.75) is 13.5 Å². The molecule has 0 aliphatic heterocycles. The first-order chi connectivity index (χ1) is 9.29. The maximum absolute atomic E-state index is 4.44. The molecule has 1 aromatic carbocycles. The van der Waals surface area contributed by atoms with E-state index in [1.165, 1.54) is 11.1 Å². The zero-order chi connectivity index (χ0) is 13.5. The van der Waals surface area contributed by atoms with Gasteiger partial charge in [0.15, 0.2) is 0 Å². The number of rotatable bonds is 6. The van der Waals surface area contributed by atoms with Crippen molar-refractivity contribution in [1.29, 1.82) is 0 Å². The summed E-state index contributed by atoms with van der Waals surface area (Å²) < 4.78 is 0. The number of hydrogen-bond acceptors (Lipinski definition) is 3. The fraction of sp³-hybridized carbons (Fsp3) is 0.312. The highest BCUT2D eigenvalue weighted by Crippen LogP contribution is 2.14. The molecule has 0 spiro atoms. The lowest BCUT2D eigenvalue weighted by Crippen LogP contribution is -2.30. The van der Waals surface area contributed by atoms with Gasteiger partial charge in [0.2, 0.25) is 0 Å². The van der Waals surface area contributed by atoms with E-state index in [1.54, 1.807) is 0 Å². The third-order valence-electron chi connectivity index (χ3n) is 3.10. The maximum atomic E-state index is 4.44. The van der Waals surface area contributed by atoms with Gasteiger partial charge in [-0.25, -0.2) is 4.98 Å². The van der Waals surface area contributed by atoms with E-state index in [2.05, 4.69) is 52.5 Å². The van der Waals surface area contributed by atoms with Crippen LogP contribution in [0.15, 0.2) is 48.7 Å². The van der Waals surface area contributed by atoms with E-state index < -0.39 is 0 Å². The Morgan fingerprint density at radius 1 is 1.11 bits per heavy atom. The summed E-state index contributed by atoms with van der Waals surface area (Å²) >= 11 is 0. The van der Waals surface area contributed by atoms with Gasteiger partial charge in [-0.15, -0.1) is 0 Å². The second kappa shape index (κ2) is 6.90. The number of pyridine rings is 1. The van der Waals surface area contributed by atoms with Gasteiger partial charge in [0.05, 0.1) is 0 Å². The summed E-state index contributed by atoms with van der Waals surface area (Å²) in [6.45, 7) is 4.89. The SMILES string of the molecule is CNCCN(Cc1ccc(C)cc1)c1ccccn1. The molecule has 19 heavy (non-hydrogen) atoms. The van der Waals surface area contributed by atoms with Crippen LogP contribution >= 0.6 is 0 Å². The zero-order valence-electron chi connectivity index (χ0n) is 11.6. The molecule has 1 aromatic heterocycles. The van der Waals surface area contributed by atoms with Crippen LogP contribution in [0.2, 0.25) is 0 Å². The Morgan fingerprint density at radius 2 is 1.89 bits per heavy atom. The van der Waals surface area contributed by atoms with Gasteiger partial charge in [0.1, 0.15) is 5.82 Å². The highest BCUT2D eigenvalue weighted by Gasteiger charge is 2.07. The maximum Gasteiger partial charge on any atom is 0.128 e. The summed E-state index contributed by atoms with van der Waals surface area (Å²) in [4.78, 5) is 6.74. The van der Waals surface area contributed by atoms with Gasteiger partial charge in [-0.2, -0.15) is 0 Å². The van der Waals surface area contributed by atoms with Crippen molar-refractivity contribution in [2.24, 2.45) is 0 Å². The Kier molecular flexibility index (Phi) is 4.93. The summed E-state index contributed by atoms with van der Waals surface area (Å²) in [7, 11) is 1.97. The number of likely N-dealkylation sites (N-methyl/N-ethyl adjacent to an activating group) is 1. The minimum atomic E-state index is 0.888. The van der Waals surface area contributed by atoms with Crippen LogP contribution in [0.25, 0.3) is 0 Å². The predicted molar refractivity (Wildman–Crippen MR) is 80.4 cm³/mol. The Labute approximate surface area is 115 Å². The van der Waals surface area contributed by atoms with Crippen molar-refractivity contribution in [3.05, 3.63) is 59.8 Å². The summed E-state index contributed by atoms with van der Waals surface area (Å²) in [5.41, 5.74) is 2.61. The molecule has 2 aromatic rings. The lowest BCUT2D eigenvalue weighted by molar-refractivity contribution is 0.714. The van der Waals surface area contributed by atoms with E-state index in [-0.39, 0.29) is 0 Å².